The van der Waals surface area contributed by atoms with Gasteiger partial charge in [0.15, 0.2) is 11.5 Å². The second-order valence-corrected chi connectivity index (χ2v) is 7.59. The summed E-state index contributed by atoms with van der Waals surface area (Å²) >= 11 is 1.04. The number of hydrogen-bond donors (Lipinski definition) is 2. The van der Waals surface area contributed by atoms with Gasteiger partial charge in [-0.3, -0.25) is 9.59 Å². The maximum atomic E-state index is 12.9. The lowest BCUT2D eigenvalue weighted by atomic mass is 10.1. The van der Waals surface area contributed by atoms with Crippen LogP contribution in [-0.4, -0.2) is 43.9 Å². The summed E-state index contributed by atoms with van der Waals surface area (Å²) in [7, 11) is 4.24. The minimum atomic E-state index is -0.757. The van der Waals surface area contributed by atoms with E-state index in [0.29, 0.717) is 28.1 Å². The fourth-order valence-electron chi connectivity index (χ4n) is 3.02. The SMILES string of the molecule is COC(=O)c1c(SCC(=O)Nc2ccc(OC)c(OC)c2)[nH]c2ccc(C)cc2c1=O. The number of H-pyrrole nitrogens is 1. The molecule has 0 aliphatic heterocycles. The van der Waals surface area contributed by atoms with E-state index in [-0.39, 0.29) is 22.2 Å². The van der Waals surface area contributed by atoms with Gasteiger partial charge < -0.3 is 24.5 Å². The van der Waals surface area contributed by atoms with Crippen LogP contribution in [0.4, 0.5) is 5.69 Å². The number of ether oxygens (including phenoxy) is 3. The van der Waals surface area contributed by atoms with Crippen LogP contribution in [0.3, 0.4) is 0 Å². The molecule has 1 aromatic heterocycles. The number of methoxy groups -OCH3 is 3. The van der Waals surface area contributed by atoms with Gasteiger partial charge in [0, 0.05) is 17.1 Å². The predicted molar refractivity (Wildman–Crippen MR) is 120 cm³/mol. The van der Waals surface area contributed by atoms with Gasteiger partial charge in [-0.05, 0) is 31.2 Å². The minimum Gasteiger partial charge on any atom is -0.493 e. The van der Waals surface area contributed by atoms with Crippen molar-refractivity contribution in [2.75, 3.05) is 32.4 Å². The van der Waals surface area contributed by atoms with Crippen molar-refractivity contribution in [3.8, 4) is 11.5 Å². The molecule has 9 heteroatoms. The Hall–Kier alpha value is -3.46. The third kappa shape index (κ3) is 4.83. The van der Waals surface area contributed by atoms with Crippen LogP contribution in [0.25, 0.3) is 10.9 Å². The van der Waals surface area contributed by atoms with Crippen molar-refractivity contribution in [3.63, 3.8) is 0 Å². The Balaban J connectivity index is 1.84. The number of rotatable bonds is 7. The first kappa shape index (κ1) is 22.2. The average molecular weight is 442 g/mol. The van der Waals surface area contributed by atoms with E-state index in [0.717, 1.165) is 17.3 Å². The van der Waals surface area contributed by atoms with Crippen molar-refractivity contribution < 1.29 is 23.8 Å². The Labute approximate surface area is 182 Å². The van der Waals surface area contributed by atoms with Crippen LogP contribution in [0.15, 0.2) is 46.2 Å². The Morgan fingerprint density at radius 3 is 2.45 bits per heavy atom. The zero-order valence-electron chi connectivity index (χ0n) is 17.5. The monoisotopic (exact) mass is 442 g/mol. The molecule has 0 fully saturated rings. The number of benzene rings is 2. The predicted octanol–water partition coefficient (Wildman–Crippen LogP) is 3.37. The van der Waals surface area contributed by atoms with E-state index >= 15 is 0 Å². The molecule has 162 valence electrons. The molecule has 0 aliphatic carbocycles. The summed E-state index contributed by atoms with van der Waals surface area (Å²) < 4.78 is 15.2. The van der Waals surface area contributed by atoms with Crippen molar-refractivity contribution in [2.24, 2.45) is 0 Å². The summed E-state index contributed by atoms with van der Waals surface area (Å²) in [5.74, 6) is -0.0898. The Morgan fingerprint density at radius 2 is 1.77 bits per heavy atom. The maximum absolute atomic E-state index is 12.9. The second-order valence-electron chi connectivity index (χ2n) is 6.61. The van der Waals surface area contributed by atoms with E-state index in [2.05, 4.69) is 10.3 Å². The first-order valence-corrected chi connectivity index (χ1v) is 10.3. The van der Waals surface area contributed by atoms with Crippen molar-refractivity contribution in [3.05, 3.63) is 57.7 Å². The molecule has 0 atom stereocenters. The lowest BCUT2D eigenvalue weighted by molar-refractivity contribution is -0.113. The Bertz CT molecular complexity index is 1200. The number of amides is 1. The zero-order chi connectivity index (χ0) is 22.5. The highest BCUT2D eigenvalue weighted by atomic mass is 32.2. The number of fused-ring (bicyclic) bond motifs is 1. The van der Waals surface area contributed by atoms with Gasteiger partial charge in [-0.15, -0.1) is 0 Å². The molecule has 1 amide bonds. The molecule has 3 rings (SSSR count). The van der Waals surface area contributed by atoms with E-state index < -0.39 is 11.4 Å². The Morgan fingerprint density at radius 1 is 1.03 bits per heavy atom. The third-order valence-electron chi connectivity index (χ3n) is 4.53. The van der Waals surface area contributed by atoms with Crippen LogP contribution < -0.4 is 20.2 Å². The summed E-state index contributed by atoms with van der Waals surface area (Å²) in [5, 5.41) is 3.42. The van der Waals surface area contributed by atoms with Crippen LogP contribution in [0.2, 0.25) is 0 Å². The van der Waals surface area contributed by atoms with Crippen LogP contribution in [0.1, 0.15) is 15.9 Å². The Kier molecular flexibility index (Phi) is 6.86. The molecule has 0 spiro atoms. The van der Waals surface area contributed by atoms with Gasteiger partial charge in [-0.2, -0.15) is 0 Å². The fraction of sp³-hybridized carbons (Fsp3) is 0.227. The molecule has 0 saturated carbocycles. The van der Waals surface area contributed by atoms with Gasteiger partial charge in [0.25, 0.3) is 0 Å². The highest BCUT2D eigenvalue weighted by Gasteiger charge is 2.21. The normalized spacial score (nSPS) is 10.6. The number of aryl methyl sites for hydroxylation is 1. The molecule has 0 unspecified atom stereocenters. The third-order valence-corrected chi connectivity index (χ3v) is 5.53. The summed E-state index contributed by atoms with van der Waals surface area (Å²) in [6.45, 7) is 1.86. The lowest BCUT2D eigenvalue weighted by Gasteiger charge is -2.12. The van der Waals surface area contributed by atoms with Gasteiger partial charge in [-0.1, -0.05) is 23.4 Å². The standard InChI is InChI=1S/C22H22N2O6S/c1-12-5-7-15-14(9-12)20(26)19(22(27)30-4)21(24-15)31-11-18(25)23-13-6-8-16(28-2)17(10-13)29-3/h5-10H,11H2,1-4H3,(H,23,25)(H,24,26). The molecule has 31 heavy (non-hydrogen) atoms. The summed E-state index contributed by atoms with van der Waals surface area (Å²) in [6.07, 6.45) is 0. The van der Waals surface area contributed by atoms with E-state index in [1.165, 1.54) is 21.3 Å². The van der Waals surface area contributed by atoms with Gasteiger partial charge in [0.05, 0.1) is 37.6 Å². The molecule has 1 heterocycles. The molecule has 3 aromatic rings. The van der Waals surface area contributed by atoms with Gasteiger partial charge >= 0.3 is 5.97 Å². The summed E-state index contributed by atoms with van der Waals surface area (Å²) in [6, 6.07) is 10.3. The van der Waals surface area contributed by atoms with Crippen LogP contribution in [0, 0.1) is 6.92 Å². The molecular formula is C22H22N2O6S. The summed E-state index contributed by atoms with van der Waals surface area (Å²) in [5.41, 5.74) is 1.44. The topological polar surface area (TPSA) is 107 Å². The number of nitrogens with one attached hydrogen (secondary N) is 2. The highest BCUT2D eigenvalue weighted by Crippen LogP contribution is 2.30. The largest absolute Gasteiger partial charge is 0.493 e. The molecule has 2 N–H and O–H groups in total. The van der Waals surface area contributed by atoms with E-state index in [1.54, 1.807) is 30.3 Å². The van der Waals surface area contributed by atoms with Crippen molar-refractivity contribution in [1.29, 1.82) is 0 Å². The van der Waals surface area contributed by atoms with Gasteiger partial charge in [0.1, 0.15) is 5.56 Å². The molecule has 0 bridgehead atoms. The molecule has 2 aromatic carbocycles. The number of aromatic amines is 1. The summed E-state index contributed by atoms with van der Waals surface area (Å²) in [4.78, 5) is 40.7. The first-order valence-electron chi connectivity index (χ1n) is 9.27. The van der Waals surface area contributed by atoms with Gasteiger partial charge in [0.2, 0.25) is 11.3 Å². The van der Waals surface area contributed by atoms with E-state index in [1.807, 2.05) is 13.0 Å². The zero-order valence-corrected chi connectivity index (χ0v) is 18.3. The number of aromatic nitrogens is 1. The van der Waals surface area contributed by atoms with Gasteiger partial charge in [-0.25, -0.2) is 4.79 Å². The number of esters is 1. The number of anilines is 1. The quantitative estimate of drug-likeness (QED) is 0.427. The van der Waals surface area contributed by atoms with E-state index in [9.17, 15) is 14.4 Å². The number of carbonyl (C=O) groups excluding carboxylic acids is 2. The molecular weight excluding hydrogens is 420 g/mol. The molecule has 0 radical (unpaired) electrons. The van der Waals surface area contributed by atoms with Crippen LogP contribution in [0.5, 0.6) is 11.5 Å². The highest BCUT2D eigenvalue weighted by molar-refractivity contribution is 8.00. The van der Waals surface area contributed by atoms with Crippen molar-refractivity contribution >= 4 is 40.2 Å². The van der Waals surface area contributed by atoms with E-state index in [4.69, 9.17) is 14.2 Å². The van der Waals surface area contributed by atoms with Crippen LogP contribution in [-0.2, 0) is 9.53 Å². The maximum Gasteiger partial charge on any atom is 0.344 e. The smallest absolute Gasteiger partial charge is 0.344 e. The minimum absolute atomic E-state index is 0.0361. The fourth-order valence-corrected chi connectivity index (χ4v) is 3.87. The van der Waals surface area contributed by atoms with Crippen molar-refractivity contribution in [1.82, 2.24) is 4.98 Å². The second kappa shape index (κ2) is 9.57. The average Bonchev–Trinajstić information content (AvgIpc) is 2.77. The molecule has 0 saturated heterocycles. The number of thioether (sulfide) groups is 1. The molecule has 0 aliphatic rings. The van der Waals surface area contributed by atoms with Crippen LogP contribution >= 0.6 is 11.8 Å². The number of hydrogen-bond acceptors (Lipinski definition) is 7. The molecule has 8 nitrogen and oxygen atoms in total. The number of carbonyl (C=O) groups is 2. The lowest BCUT2D eigenvalue weighted by Crippen LogP contribution is -2.20. The first-order chi connectivity index (χ1) is 14.9. The number of pyridine rings is 1. The van der Waals surface area contributed by atoms with Crippen molar-refractivity contribution in [2.45, 2.75) is 11.9 Å².